The Bertz CT molecular complexity index is 1090. The lowest BCUT2D eigenvalue weighted by molar-refractivity contribution is -0.123. The van der Waals surface area contributed by atoms with Crippen molar-refractivity contribution in [3.8, 4) is 0 Å². The van der Waals surface area contributed by atoms with E-state index in [4.69, 9.17) is 11.6 Å². The number of sulfonamides is 1. The van der Waals surface area contributed by atoms with E-state index in [9.17, 15) is 18.0 Å². The molecule has 3 rings (SSSR count). The van der Waals surface area contributed by atoms with E-state index in [1.165, 1.54) is 18.2 Å². The smallest absolute Gasteiger partial charge is 0.255 e. The van der Waals surface area contributed by atoms with Crippen molar-refractivity contribution in [3.05, 3.63) is 58.1 Å². The molecule has 1 N–H and O–H groups in total. The van der Waals surface area contributed by atoms with Crippen LogP contribution in [0.25, 0.3) is 0 Å². The molecule has 8 heteroatoms. The van der Waals surface area contributed by atoms with Gasteiger partial charge in [-0.05, 0) is 57.5 Å². The highest BCUT2D eigenvalue weighted by Crippen LogP contribution is 2.39. The molecule has 1 fully saturated rings. The number of hydrogen-bond acceptors (Lipinski definition) is 4. The van der Waals surface area contributed by atoms with Crippen molar-refractivity contribution in [3.63, 3.8) is 0 Å². The van der Waals surface area contributed by atoms with Crippen molar-refractivity contribution < 1.29 is 18.0 Å². The summed E-state index contributed by atoms with van der Waals surface area (Å²) in [6.45, 7) is 6.97. The lowest BCUT2D eigenvalue weighted by atomic mass is 9.95. The maximum atomic E-state index is 12.7. The summed E-state index contributed by atoms with van der Waals surface area (Å²) < 4.78 is 25.8. The van der Waals surface area contributed by atoms with E-state index in [-0.39, 0.29) is 22.0 Å². The molecule has 0 aromatic heterocycles. The van der Waals surface area contributed by atoms with Crippen molar-refractivity contribution >= 4 is 44.8 Å². The Balaban J connectivity index is 1.98. The molecular weight excluding hydrogens is 400 g/mol. The molecule has 1 aliphatic heterocycles. The second-order valence-electron chi connectivity index (χ2n) is 7.65. The van der Waals surface area contributed by atoms with Crippen LogP contribution in [-0.4, -0.2) is 26.0 Å². The highest BCUT2D eigenvalue weighted by Gasteiger charge is 2.50. The summed E-state index contributed by atoms with van der Waals surface area (Å²) in [6.07, 6.45) is 0. The van der Waals surface area contributed by atoms with Crippen molar-refractivity contribution in [2.24, 2.45) is 5.41 Å². The van der Waals surface area contributed by atoms with Crippen LogP contribution in [0, 0.1) is 19.3 Å². The van der Waals surface area contributed by atoms with Gasteiger partial charge in [0.25, 0.3) is 5.91 Å². The first-order chi connectivity index (χ1) is 12.9. The van der Waals surface area contributed by atoms with Crippen LogP contribution in [0.3, 0.4) is 0 Å². The zero-order chi connectivity index (χ0) is 20.9. The minimum absolute atomic E-state index is 0.00878. The number of amides is 2. The number of rotatable bonds is 3. The largest absolute Gasteiger partial charge is 0.322 e. The van der Waals surface area contributed by atoms with Crippen molar-refractivity contribution in [2.75, 3.05) is 15.4 Å². The molecule has 148 valence electrons. The number of halogens is 1. The van der Waals surface area contributed by atoms with Crippen LogP contribution in [-0.2, 0) is 14.8 Å². The average molecular weight is 421 g/mol. The third-order valence-electron chi connectivity index (χ3n) is 4.64. The summed E-state index contributed by atoms with van der Waals surface area (Å²) in [5, 5.41) is 2.89. The van der Waals surface area contributed by atoms with E-state index in [1.807, 2.05) is 26.0 Å². The molecule has 6 nitrogen and oxygen atoms in total. The molecule has 0 atom stereocenters. The predicted octanol–water partition coefficient (Wildman–Crippen LogP) is 3.91. The minimum Gasteiger partial charge on any atom is -0.322 e. The van der Waals surface area contributed by atoms with Gasteiger partial charge in [0.15, 0.2) is 0 Å². The Labute approximate surface area is 169 Å². The highest BCUT2D eigenvalue weighted by molar-refractivity contribution is 7.94. The quantitative estimate of drug-likeness (QED) is 0.815. The Morgan fingerprint density at radius 1 is 1.14 bits per heavy atom. The maximum absolute atomic E-state index is 12.7. The second kappa shape index (κ2) is 6.90. The van der Waals surface area contributed by atoms with Crippen molar-refractivity contribution in [2.45, 2.75) is 27.7 Å². The van der Waals surface area contributed by atoms with Gasteiger partial charge in [0.2, 0.25) is 15.9 Å². The summed E-state index contributed by atoms with van der Waals surface area (Å²) in [6, 6.07) is 9.87. The molecule has 1 heterocycles. The number of hydrogen-bond donors (Lipinski definition) is 1. The number of anilines is 2. The molecule has 1 aliphatic rings. The van der Waals surface area contributed by atoms with Crippen LogP contribution in [0.1, 0.15) is 35.3 Å². The molecule has 0 saturated carbocycles. The third-order valence-corrected chi connectivity index (χ3v) is 6.97. The van der Waals surface area contributed by atoms with E-state index in [2.05, 4.69) is 5.32 Å². The van der Waals surface area contributed by atoms with Gasteiger partial charge < -0.3 is 5.32 Å². The molecule has 1 saturated heterocycles. The van der Waals surface area contributed by atoms with Gasteiger partial charge in [0.05, 0.1) is 21.9 Å². The standard InChI is InChI=1S/C20H21ClN2O4S/c1-12-5-8-16(13(2)9-12)22-18(24)14-6-7-15(21)17(10-14)23-19(25)20(3,4)11-28(23,26)27/h5-10H,11H2,1-4H3,(H,22,24). The SMILES string of the molecule is Cc1ccc(NC(=O)c2ccc(Cl)c(N3C(=O)C(C)(C)CS3(=O)=O)c2)c(C)c1. The van der Waals surface area contributed by atoms with Gasteiger partial charge in [-0.3, -0.25) is 9.59 Å². The van der Waals surface area contributed by atoms with Crippen LogP contribution in [0.4, 0.5) is 11.4 Å². The lowest BCUT2D eigenvalue weighted by Gasteiger charge is -2.19. The number of benzene rings is 2. The predicted molar refractivity (Wildman–Crippen MR) is 110 cm³/mol. The Morgan fingerprint density at radius 2 is 1.82 bits per heavy atom. The molecule has 2 aromatic carbocycles. The van der Waals surface area contributed by atoms with Crippen LogP contribution in [0.15, 0.2) is 36.4 Å². The molecule has 0 aliphatic carbocycles. The number of nitrogens with one attached hydrogen (secondary N) is 1. The molecule has 0 unspecified atom stereocenters. The van der Waals surface area contributed by atoms with Crippen molar-refractivity contribution in [1.82, 2.24) is 0 Å². The molecule has 0 spiro atoms. The Hall–Kier alpha value is -2.38. The highest BCUT2D eigenvalue weighted by atomic mass is 35.5. The second-order valence-corrected chi connectivity index (χ2v) is 9.87. The van der Waals surface area contributed by atoms with Gasteiger partial charge >= 0.3 is 0 Å². The molecule has 2 aromatic rings. The van der Waals surface area contributed by atoms with Gasteiger partial charge in [0, 0.05) is 11.3 Å². The number of carbonyl (C=O) groups is 2. The summed E-state index contributed by atoms with van der Waals surface area (Å²) in [7, 11) is -3.86. The van der Waals surface area contributed by atoms with Gasteiger partial charge in [-0.25, -0.2) is 12.7 Å². The zero-order valence-corrected chi connectivity index (χ0v) is 17.6. The maximum Gasteiger partial charge on any atom is 0.255 e. The first-order valence-electron chi connectivity index (χ1n) is 8.68. The summed E-state index contributed by atoms with van der Waals surface area (Å²) in [5.74, 6) is -1.30. The molecule has 0 bridgehead atoms. The van der Waals surface area contributed by atoms with Gasteiger partial charge in [-0.2, -0.15) is 0 Å². The monoisotopic (exact) mass is 420 g/mol. The Kier molecular flexibility index (Phi) is 5.02. The van der Waals surface area contributed by atoms with Crippen LogP contribution >= 0.6 is 11.6 Å². The van der Waals surface area contributed by atoms with E-state index in [1.54, 1.807) is 19.9 Å². The summed E-state index contributed by atoms with van der Waals surface area (Å²) in [5.41, 5.74) is 1.77. The fourth-order valence-corrected chi connectivity index (χ4v) is 5.57. The van der Waals surface area contributed by atoms with E-state index in [0.29, 0.717) is 9.99 Å². The summed E-state index contributed by atoms with van der Waals surface area (Å²) >= 11 is 6.18. The van der Waals surface area contributed by atoms with Crippen LogP contribution < -0.4 is 9.62 Å². The van der Waals surface area contributed by atoms with E-state index in [0.717, 1.165) is 11.1 Å². The fourth-order valence-electron chi connectivity index (χ4n) is 3.20. The molecule has 28 heavy (non-hydrogen) atoms. The number of aryl methyl sites for hydroxylation is 2. The minimum atomic E-state index is -3.86. The van der Waals surface area contributed by atoms with E-state index < -0.39 is 27.3 Å². The van der Waals surface area contributed by atoms with E-state index >= 15 is 0 Å². The summed E-state index contributed by atoms with van der Waals surface area (Å²) in [4.78, 5) is 25.3. The van der Waals surface area contributed by atoms with Crippen molar-refractivity contribution in [1.29, 1.82) is 0 Å². The van der Waals surface area contributed by atoms with Gasteiger partial charge in [-0.15, -0.1) is 0 Å². The zero-order valence-electron chi connectivity index (χ0n) is 16.0. The first kappa shape index (κ1) is 20.4. The molecule has 2 amide bonds. The van der Waals surface area contributed by atoms with Crippen LogP contribution in [0.5, 0.6) is 0 Å². The number of nitrogens with zero attached hydrogens (tertiary/aromatic N) is 1. The van der Waals surface area contributed by atoms with Gasteiger partial charge in [-0.1, -0.05) is 29.3 Å². The molecular formula is C20H21ClN2O4S. The fraction of sp³-hybridized carbons (Fsp3) is 0.300. The topological polar surface area (TPSA) is 83.6 Å². The Morgan fingerprint density at radius 3 is 2.39 bits per heavy atom. The van der Waals surface area contributed by atoms with Crippen LogP contribution in [0.2, 0.25) is 5.02 Å². The first-order valence-corrected chi connectivity index (χ1v) is 10.7. The number of carbonyl (C=O) groups excluding carboxylic acids is 2. The average Bonchev–Trinajstić information content (AvgIpc) is 2.74. The third kappa shape index (κ3) is 3.64. The lowest BCUT2D eigenvalue weighted by Crippen LogP contribution is -2.33. The molecule has 0 radical (unpaired) electrons. The van der Waals surface area contributed by atoms with Gasteiger partial charge in [0.1, 0.15) is 0 Å². The normalized spacial score (nSPS) is 17.6.